The van der Waals surface area contributed by atoms with Gasteiger partial charge in [-0.25, -0.2) is 0 Å². The third kappa shape index (κ3) is 8.16. The molecular formula is C19H30O. The van der Waals surface area contributed by atoms with Crippen molar-refractivity contribution < 1.29 is 5.11 Å². The molecule has 0 atom stereocenters. The first-order valence-electron chi connectivity index (χ1n) is 8.19. The second kappa shape index (κ2) is 11.7. The van der Waals surface area contributed by atoms with Gasteiger partial charge in [-0.05, 0) is 30.4 Å². The summed E-state index contributed by atoms with van der Waals surface area (Å²) in [4.78, 5) is 0. The average molecular weight is 274 g/mol. The SMILES string of the molecule is C=Cc1ccc(CCCCCCCCCCCO)cc1. The number of unbranched alkanes of at least 4 members (excludes halogenated alkanes) is 8. The largest absolute Gasteiger partial charge is 0.396 e. The fourth-order valence-electron chi connectivity index (χ4n) is 2.50. The van der Waals surface area contributed by atoms with E-state index in [1.807, 2.05) is 6.08 Å². The summed E-state index contributed by atoms with van der Waals surface area (Å²) in [6.07, 6.45) is 14.6. The van der Waals surface area contributed by atoms with E-state index < -0.39 is 0 Å². The van der Waals surface area contributed by atoms with Crippen molar-refractivity contribution in [1.29, 1.82) is 0 Å². The van der Waals surface area contributed by atoms with E-state index in [-0.39, 0.29) is 0 Å². The van der Waals surface area contributed by atoms with Crippen molar-refractivity contribution in [3.8, 4) is 0 Å². The van der Waals surface area contributed by atoms with Crippen LogP contribution in [0.3, 0.4) is 0 Å². The Morgan fingerprint density at radius 2 is 1.25 bits per heavy atom. The Balaban J connectivity index is 1.92. The lowest BCUT2D eigenvalue weighted by molar-refractivity contribution is 0.282. The topological polar surface area (TPSA) is 20.2 Å². The number of aliphatic hydroxyl groups excluding tert-OH is 1. The normalized spacial score (nSPS) is 10.7. The van der Waals surface area contributed by atoms with Crippen LogP contribution in [-0.4, -0.2) is 11.7 Å². The van der Waals surface area contributed by atoms with E-state index in [4.69, 9.17) is 5.11 Å². The highest BCUT2D eigenvalue weighted by Crippen LogP contribution is 2.12. The molecular weight excluding hydrogens is 244 g/mol. The van der Waals surface area contributed by atoms with Crippen molar-refractivity contribution in [3.05, 3.63) is 42.0 Å². The molecule has 1 aromatic rings. The lowest BCUT2D eigenvalue weighted by atomic mass is 10.0. The van der Waals surface area contributed by atoms with Crippen molar-refractivity contribution >= 4 is 6.08 Å². The van der Waals surface area contributed by atoms with Gasteiger partial charge in [-0.15, -0.1) is 0 Å². The van der Waals surface area contributed by atoms with Gasteiger partial charge in [0.15, 0.2) is 0 Å². The van der Waals surface area contributed by atoms with E-state index in [9.17, 15) is 0 Å². The van der Waals surface area contributed by atoms with Gasteiger partial charge in [0, 0.05) is 6.61 Å². The summed E-state index contributed by atoms with van der Waals surface area (Å²) in [6.45, 7) is 4.13. The van der Waals surface area contributed by atoms with E-state index in [2.05, 4.69) is 30.8 Å². The smallest absolute Gasteiger partial charge is 0.0431 e. The van der Waals surface area contributed by atoms with E-state index >= 15 is 0 Å². The number of rotatable bonds is 12. The van der Waals surface area contributed by atoms with Crippen LogP contribution in [0.15, 0.2) is 30.8 Å². The molecule has 0 saturated carbocycles. The van der Waals surface area contributed by atoms with Gasteiger partial charge in [-0.3, -0.25) is 0 Å². The van der Waals surface area contributed by atoms with Gasteiger partial charge in [-0.1, -0.05) is 81.9 Å². The third-order valence-corrected chi connectivity index (χ3v) is 3.84. The van der Waals surface area contributed by atoms with Crippen molar-refractivity contribution in [2.75, 3.05) is 6.61 Å². The number of aryl methyl sites for hydroxylation is 1. The second-order valence-corrected chi connectivity index (χ2v) is 5.60. The first kappa shape index (κ1) is 17.0. The monoisotopic (exact) mass is 274 g/mol. The summed E-state index contributed by atoms with van der Waals surface area (Å²) in [7, 11) is 0. The zero-order chi connectivity index (χ0) is 14.5. The van der Waals surface area contributed by atoms with Crippen LogP contribution in [0.5, 0.6) is 0 Å². The van der Waals surface area contributed by atoms with Crippen LogP contribution in [0.1, 0.15) is 68.9 Å². The Morgan fingerprint density at radius 3 is 1.75 bits per heavy atom. The van der Waals surface area contributed by atoms with Gasteiger partial charge in [0.05, 0.1) is 0 Å². The summed E-state index contributed by atoms with van der Waals surface area (Å²) in [5.74, 6) is 0. The zero-order valence-corrected chi connectivity index (χ0v) is 12.8. The predicted molar refractivity (Wildman–Crippen MR) is 88.9 cm³/mol. The number of hydrogen-bond acceptors (Lipinski definition) is 1. The maximum Gasteiger partial charge on any atom is 0.0431 e. The molecule has 0 aliphatic heterocycles. The number of hydrogen-bond donors (Lipinski definition) is 1. The summed E-state index contributed by atoms with van der Waals surface area (Å²) in [5.41, 5.74) is 2.65. The van der Waals surface area contributed by atoms with Gasteiger partial charge >= 0.3 is 0 Å². The Hall–Kier alpha value is -1.08. The van der Waals surface area contributed by atoms with Gasteiger partial charge < -0.3 is 5.11 Å². The molecule has 0 amide bonds. The lowest BCUT2D eigenvalue weighted by Gasteiger charge is -2.03. The number of aliphatic hydroxyl groups is 1. The van der Waals surface area contributed by atoms with E-state index in [0.29, 0.717) is 6.61 Å². The van der Waals surface area contributed by atoms with Crippen LogP contribution in [0.2, 0.25) is 0 Å². The number of benzene rings is 1. The standard InChI is InChI=1S/C19H30O/c1-2-18-13-15-19(16-14-18)12-10-8-6-4-3-5-7-9-11-17-20/h2,13-16,20H,1,3-12,17H2. The third-order valence-electron chi connectivity index (χ3n) is 3.84. The summed E-state index contributed by atoms with van der Waals surface area (Å²) in [5, 5.41) is 8.68. The first-order chi connectivity index (χ1) is 9.86. The molecule has 0 heterocycles. The molecule has 0 fully saturated rings. The van der Waals surface area contributed by atoms with Crippen molar-refractivity contribution in [2.24, 2.45) is 0 Å². The van der Waals surface area contributed by atoms with Gasteiger partial charge in [0.2, 0.25) is 0 Å². The average Bonchev–Trinajstić information content (AvgIpc) is 2.50. The molecule has 0 unspecified atom stereocenters. The van der Waals surface area contributed by atoms with Crippen LogP contribution >= 0.6 is 0 Å². The van der Waals surface area contributed by atoms with Crippen molar-refractivity contribution in [1.82, 2.24) is 0 Å². The summed E-state index contributed by atoms with van der Waals surface area (Å²) < 4.78 is 0. The fraction of sp³-hybridized carbons (Fsp3) is 0.579. The highest BCUT2D eigenvalue weighted by molar-refractivity contribution is 5.47. The molecule has 0 aromatic heterocycles. The van der Waals surface area contributed by atoms with Crippen LogP contribution in [-0.2, 0) is 6.42 Å². The Labute approximate surface area is 124 Å². The van der Waals surface area contributed by atoms with Crippen LogP contribution in [0, 0.1) is 0 Å². The van der Waals surface area contributed by atoms with Crippen molar-refractivity contribution in [2.45, 2.75) is 64.2 Å². The molecule has 112 valence electrons. The van der Waals surface area contributed by atoms with Gasteiger partial charge in [-0.2, -0.15) is 0 Å². The lowest BCUT2D eigenvalue weighted by Crippen LogP contribution is -1.87. The summed E-state index contributed by atoms with van der Waals surface area (Å²) in [6, 6.07) is 8.74. The molecule has 0 spiro atoms. The molecule has 0 aliphatic carbocycles. The Morgan fingerprint density at radius 1 is 0.750 bits per heavy atom. The maximum absolute atomic E-state index is 8.68. The molecule has 1 N–H and O–H groups in total. The zero-order valence-electron chi connectivity index (χ0n) is 12.8. The van der Waals surface area contributed by atoms with Gasteiger partial charge in [0.1, 0.15) is 0 Å². The minimum atomic E-state index is 0.355. The van der Waals surface area contributed by atoms with Gasteiger partial charge in [0.25, 0.3) is 0 Å². The van der Waals surface area contributed by atoms with Crippen LogP contribution < -0.4 is 0 Å². The van der Waals surface area contributed by atoms with Crippen LogP contribution in [0.25, 0.3) is 6.08 Å². The second-order valence-electron chi connectivity index (χ2n) is 5.60. The predicted octanol–water partition coefficient (Wildman–Crippen LogP) is 5.38. The Kier molecular flexibility index (Phi) is 9.95. The molecule has 1 aromatic carbocycles. The quantitative estimate of drug-likeness (QED) is 0.508. The van der Waals surface area contributed by atoms with E-state index in [1.54, 1.807) is 0 Å². The van der Waals surface area contributed by atoms with E-state index in [0.717, 1.165) is 6.42 Å². The van der Waals surface area contributed by atoms with Crippen LogP contribution in [0.4, 0.5) is 0 Å². The fourth-order valence-corrected chi connectivity index (χ4v) is 2.50. The minimum Gasteiger partial charge on any atom is -0.396 e. The molecule has 0 saturated heterocycles. The molecule has 0 radical (unpaired) electrons. The maximum atomic E-state index is 8.68. The molecule has 0 aliphatic rings. The van der Waals surface area contributed by atoms with E-state index in [1.165, 1.54) is 68.9 Å². The highest BCUT2D eigenvalue weighted by atomic mass is 16.2. The molecule has 1 heteroatoms. The molecule has 1 nitrogen and oxygen atoms in total. The first-order valence-corrected chi connectivity index (χ1v) is 8.19. The summed E-state index contributed by atoms with van der Waals surface area (Å²) >= 11 is 0. The highest BCUT2D eigenvalue weighted by Gasteiger charge is 1.95. The molecule has 1 rings (SSSR count). The molecule has 0 bridgehead atoms. The Bertz CT molecular complexity index is 339. The molecule has 20 heavy (non-hydrogen) atoms. The van der Waals surface area contributed by atoms with Crippen molar-refractivity contribution in [3.63, 3.8) is 0 Å². The minimum absolute atomic E-state index is 0.355.